The maximum Gasteiger partial charge on any atom is 0.433 e. The zero-order chi connectivity index (χ0) is 14.0. The number of nitro groups is 1. The Bertz CT molecular complexity index is 592. The molecular weight excluding hydrogens is 261 g/mol. The van der Waals surface area contributed by atoms with E-state index in [-0.39, 0.29) is 5.69 Å². The minimum absolute atomic E-state index is 0.0800. The van der Waals surface area contributed by atoms with Crippen LogP contribution in [0.1, 0.15) is 5.69 Å². The Morgan fingerprint density at radius 2 is 1.58 bits per heavy atom. The van der Waals surface area contributed by atoms with Crippen LogP contribution in [0.25, 0.3) is 11.1 Å². The van der Waals surface area contributed by atoms with Gasteiger partial charge in [-0.25, -0.2) is 0 Å². The summed E-state index contributed by atoms with van der Waals surface area (Å²) in [5.74, 6) is 0. The van der Waals surface area contributed by atoms with Gasteiger partial charge >= 0.3 is 6.18 Å². The van der Waals surface area contributed by atoms with E-state index in [0.29, 0.717) is 11.1 Å². The summed E-state index contributed by atoms with van der Waals surface area (Å²) in [6, 6.07) is 7.64. The molecule has 0 amide bonds. The maximum atomic E-state index is 12.3. The number of nitrogens with zero attached hydrogens (tertiary/aromatic N) is 2. The van der Waals surface area contributed by atoms with E-state index < -0.39 is 16.8 Å². The lowest BCUT2D eigenvalue weighted by Crippen LogP contribution is -2.07. The standard InChI is InChI=1S/C12H7F3N2O2/c13-12(14,15)11-6-3-9(7-16-11)8-1-4-10(5-2-8)17(18)19/h1-7H. The highest BCUT2D eigenvalue weighted by atomic mass is 19.4. The lowest BCUT2D eigenvalue weighted by molar-refractivity contribution is -0.384. The first kappa shape index (κ1) is 13.0. The minimum atomic E-state index is -4.48. The number of benzene rings is 1. The first-order valence-electron chi connectivity index (χ1n) is 5.16. The van der Waals surface area contributed by atoms with Crippen molar-refractivity contribution >= 4 is 5.69 Å². The Labute approximate surface area is 105 Å². The molecule has 2 aromatic rings. The monoisotopic (exact) mass is 268 g/mol. The quantitative estimate of drug-likeness (QED) is 0.616. The number of pyridine rings is 1. The SMILES string of the molecule is O=[N+]([O-])c1ccc(-c2ccc(C(F)(F)F)nc2)cc1. The molecule has 2 rings (SSSR count). The van der Waals surface area contributed by atoms with Crippen molar-refractivity contribution in [1.82, 2.24) is 4.98 Å². The second-order valence-electron chi connectivity index (χ2n) is 3.73. The number of non-ortho nitro benzene ring substituents is 1. The fourth-order valence-electron chi connectivity index (χ4n) is 1.51. The molecule has 1 aromatic heterocycles. The Morgan fingerprint density at radius 3 is 2.00 bits per heavy atom. The van der Waals surface area contributed by atoms with Crippen LogP contribution in [-0.4, -0.2) is 9.91 Å². The summed E-state index contributed by atoms with van der Waals surface area (Å²) in [7, 11) is 0. The summed E-state index contributed by atoms with van der Waals surface area (Å²) < 4.78 is 37.0. The second-order valence-corrected chi connectivity index (χ2v) is 3.73. The molecule has 1 aromatic carbocycles. The van der Waals surface area contributed by atoms with Gasteiger partial charge in [-0.3, -0.25) is 15.1 Å². The van der Waals surface area contributed by atoms with Crippen molar-refractivity contribution in [3.05, 3.63) is 58.4 Å². The van der Waals surface area contributed by atoms with Crippen LogP contribution in [0.4, 0.5) is 18.9 Å². The largest absolute Gasteiger partial charge is 0.433 e. The third kappa shape index (κ3) is 2.87. The lowest BCUT2D eigenvalue weighted by atomic mass is 10.1. The first-order valence-corrected chi connectivity index (χ1v) is 5.16. The second kappa shape index (κ2) is 4.68. The van der Waals surface area contributed by atoms with Crippen molar-refractivity contribution in [3.63, 3.8) is 0 Å². The number of halogens is 3. The Morgan fingerprint density at radius 1 is 1.00 bits per heavy atom. The summed E-state index contributed by atoms with van der Waals surface area (Å²) in [4.78, 5) is 13.3. The molecule has 0 saturated heterocycles. The van der Waals surface area contributed by atoms with Crippen LogP contribution in [0.15, 0.2) is 42.6 Å². The molecule has 0 radical (unpaired) electrons. The van der Waals surface area contributed by atoms with Gasteiger partial charge in [-0.1, -0.05) is 6.07 Å². The highest BCUT2D eigenvalue weighted by Gasteiger charge is 2.32. The highest BCUT2D eigenvalue weighted by Crippen LogP contribution is 2.29. The van der Waals surface area contributed by atoms with Crippen LogP contribution in [0.2, 0.25) is 0 Å². The van der Waals surface area contributed by atoms with Gasteiger partial charge in [-0.15, -0.1) is 0 Å². The van der Waals surface area contributed by atoms with E-state index in [9.17, 15) is 23.3 Å². The number of alkyl halides is 3. The molecule has 4 nitrogen and oxygen atoms in total. The van der Waals surface area contributed by atoms with Gasteiger partial charge in [-0.2, -0.15) is 13.2 Å². The number of nitro benzene ring substituents is 1. The zero-order valence-electron chi connectivity index (χ0n) is 9.39. The predicted octanol–water partition coefficient (Wildman–Crippen LogP) is 3.68. The number of aromatic nitrogens is 1. The molecule has 0 bridgehead atoms. The topological polar surface area (TPSA) is 56.0 Å². The van der Waals surface area contributed by atoms with Gasteiger partial charge in [0.15, 0.2) is 0 Å². The van der Waals surface area contributed by atoms with Crippen LogP contribution in [-0.2, 0) is 6.18 Å². The number of hydrogen-bond donors (Lipinski definition) is 0. The summed E-state index contributed by atoms with van der Waals surface area (Å²) in [5, 5.41) is 10.5. The predicted molar refractivity (Wildman–Crippen MR) is 61.3 cm³/mol. The van der Waals surface area contributed by atoms with Crippen LogP contribution in [0.3, 0.4) is 0 Å². The van der Waals surface area contributed by atoms with Crippen LogP contribution >= 0.6 is 0 Å². The van der Waals surface area contributed by atoms with E-state index in [1.165, 1.54) is 30.3 Å². The number of rotatable bonds is 2. The van der Waals surface area contributed by atoms with Crippen LogP contribution in [0.5, 0.6) is 0 Å². The van der Waals surface area contributed by atoms with Crippen molar-refractivity contribution in [2.24, 2.45) is 0 Å². The zero-order valence-corrected chi connectivity index (χ0v) is 9.39. The summed E-state index contributed by atoms with van der Waals surface area (Å²) in [6.45, 7) is 0. The van der Waals surface area contributed by atoms with Gasteiger partial charge in [0.25, 0.3) is 5.69 Å². The fourth-order valence-corrected chi connectivity index (χ4v) is 1.51. The van der Waals surface area contributed by atoms with Gasteiger partial charge in [0.05, 0.1) is 4.92 Å². The molecule has 0 N–H and O–H groups in total. The molecule has 1 heterocycles. The van der Waals surface area contributed by atoms with E-state index in [2.05, 4.69) is 4.98 Å². The average Bonchev–Trinajstić information content (AvgIpc) is 2.38. The van der Waals surface area contributed by atoms with Crippen molar-refractivity contribution in [3.8, 4) is 11.1 Å². The van der Waals surface area contributed by atoms with Gasteiger partial charge in [0.1, 0.15) is 5.69 Å². The Hall–Kier alpha value is -2.44. The molecule has 7 heteroatoms. The van der Waals surface area contributed by atoms with E-state index in [1.54, 1.807) is 0 Å². The molecule has 0 unspecified atom stereocenters. The lowest BCUT2D eigenvalue weighted by Gasteiger charge is -2.06. The highest BCUT2D eigenvalue weighted by molar-refractivity contribution is 5.63. The van der Waals surface area contributed by atoms with E-state index in [0.717, 1.165) is 12.3 Å². The molecule has 0 saturated carbocycles. The molecule has 0 atom stereocenters. The molecule has 0 fully saturated rings. The normalized spacial score (nSPS) is 11.3. The van der Waals surface area contributed by atoms with E-state index in [4.69, 9.17) is 0 Å². The summed E-state index contributed by atoms with van der Waals surface area (Å²) in [6.07, 6.45) is -3.39. The molecule has 0 aliphatic carbocycles. The smallest absolute Gasteiger partial charge is 0.258 e. The number of hydrogen-bond acceptors (Lipinski definition) is 3. The molecular formula is C12H7F3N2O2. The summed E-state index contributed by atoms with van der Waals surface area (Å²) in [5.41, 5.74) is -0.0310. The third-order valence-electron chi connectivity index (χ3n) is 2.47. The van der Waals surface area contributed by atoms with E-state index in [1.807, 2.05) is 0 Å². The third-order valence-corrected chi connectivity index (χ3v) is 2.47. The van der Waals surface area contributed by atoms with Gasteiger partial charge < -0.3 is 0 Å². The fraction of sp³-hybridized carbons (Fsp3) is 0.0833. The van der Waals surface area contributed by atoms with Crippen molar-refractivity contribution in [2.45, 2.75) is 6.18 Å². The minimum Gasteiger partial charge on any atom is -0.258 e. The molecule has 0 aliphatic rings. The molecule has 19 heavy (non-hydrogen) atoms. The van der Waals surface area contributed by atoms with Crippen LogP contribution in [0, 0.1) is 10.1 Å². The van der Waals surface area contributed by atoms with Crippen molar-refractivity contribution in [1.29, 1.82) is 0 Å². The van der Waals surface area contributed by atoms with Gasteiger partial charge in [0, 0.05) is 23.9 Å². The average molecular weight is 268 g/mol. The van der Waals surface area contributed by atoms with Gasteiger partial charge in [0.2, 0.25) is 0 Å². The maximum absolute atomic E-state index is 12.3. The summed E-state index contributed by atoms with van der Waals surface area (Å²) >= 11 is 0. The van der Waals surface area contributed by atoms with Gasteiger partial charge in [-0.05, 0) is 23.8 Å². The molecule has 98 valence electrons. The van der Waals surface area contributed by atoms with Crippen molar-refractivity contribution < 1.29 is 18.1 Å². The Kier molecular flexibility index (Phi) is 3.20. The Balaban J connectivity index is 2.30. The molecule has 0 spiro atoms. The molecule has 0 aliphatic heterocycles. The van der Waals surface area contributed by atoms with Crippen molar-refractivity contribution in [2.75, 3.05) is 0 Å². The van der Waals surface area contributed by atoms with Crippen LogP contribution < -0.4 is 0 Å². The first-order chi connectivity index (χ1) is 8.88. The van der Waals surface area contributed by atoms with E-state index >= 15 is 0 Å².